The number of hydrogen-bond acceptors (Lipinski definition) is 7. The van der Waals surface area contributed by atoms with Gasteiger partial charge in [0.25, 0.3) is 5.91 Å². The Kier molecular flexibility index (Phi) is 8.09. The topological polar surface area (TPSA) is 85.8 Å². The van der Waals surface area contributed by atoms with Crippen molar-refractivity contribution in [2.24, 2.45) is 0 Å². The molecule has 1 aliphatic heterocycles. The average Bonchev–Trinajstić information content (AvgIpc) is 3.38. The Balaban J connectivity index is 1.08. The molecule has 0 radical (unpaired) electrons. The number of carbonyl (C=O) groups is 1. The average molecular weight is 542 g/mol. The van der Waals surface area contributed by atoms with Crippen LogP contribution >= 0.6 is 11.3 Å². The smallest absolute Gasteiger partial charge is 0.251 e. The van der Waals surface area contributed by atoms with E-state index < -0.39 is 10.0 Å². The van der Waals surface area contributed by atoms with E-state index in [9.17, 15) is 13.2 Å². The molecule has 2 aliphatic rings. The third-order valence-electron chi connectivity index (χ3n) is 7.52. The molecule has 2 heterocycles. The number of nitrogens with one attached hydrogen (secondary N) is 1. The fraction of sp³-hybridized carbons (Fsp3) is 0.481. The maximum absolute atomic E-state index is 13.0. The zero-order valence-electron chi connectivity index (χ0n) is 21.3. The van der Waals surface area contributed by atoms with Gasteiger partial charge in [-0.1, -0.05) is 42.7 Å². The molecule has 1 saturated heterocycles. The van der Waals surface area contributed by atoms with Gasteiger partial charge in [-0.25, -0.2) is 13.4 Å². The van der Waals surface area contributed by atoms with Crippen molar-refractivity contribution in [1.82, 2.24) is 19.5 Å². The zero-order chi connectivity index (χ0) is 25.8. The second kappa shape index (κ2) is 11.5. The van der Waals surface area contributed by atoms with Crippen LogP contribution in [0.4, 0.5) is 5.13 Å². The van der Waals surface area contributed by atoms with Gasteiger partial charge in [-0.05, 0) is 49.2 Å². The van der Waals surface area contributed by atoms with Crippen LogP contribution in [-0.4, -0.2) is 80.9 Å². The Hall–Kier alpha value is -2.53. The molecule has 3 aromatic rings. The third-order valence-corrected chi connectivity index (χ3v) is 10.5. The number of para-hydroxylation sites is 1. The summed E-state index contributed by atoms with van der Waals surface area (Å²) in [6, 6.07) is 14.6. The fourth-order valence-electron chi connectivity index (χ4n) is 5.17. The number of hydrogen-bond donors (Lipinski definition) is 1. The van der Waals surface area contributed by atoms with E-state index in [1.165, 1.54) is 15.4 Å². The van der Waals surface area contributed by atoms with Crippen LogP contribution in [0.25, 0.3) is 10.2 Å². The van der Waals surface area contributed by atoms with E-state index in [-0.39, 0.29) is 16.8 Å². The Bertz CT molecular complexity index is 1280. The van der Waals surface area contributed by atoms with Crippen molar-refractivity contribution in [3.8, 4) is 0 Å². The molecule has 1 aromatic heterocycles. The first kappa shape index (κ1) is 26.1. The molecule has 0 unspecified atom stereocenters. The van der Waals surface area contributed by atoms with E-state index in [1.54, 1.807) is 42.6 Å². The minimum Gasteiger partial charge on any atom is -0.351 e. The van der Waals surface area contributed by atoms with Gasteiger partial charge in [0.15, 0.2) is 5.13 Å². The normalized spacial score (nSPS) is 17.9. The van der Waals surface area contributed by atoms with Gasteiger partial charge >= 0.3 is 0 Å². The van der Waals surface area contributed by atoms with E-state index >= 15 is 0 Å². The van der Waals surface area contributed by atoms with E-state index in [4.69, 9.17) is 4.98 Å². The minimum atomic E-state index is -3.56. The SMILES string of the molecule is CN(C1CCCCC1)S(=O)(=O)c1ccc(C(=O)NCCN2CCN(c3nc4ccccc4s3)CC2)cc1. The zero-order valence-corrected chi connectivity index (χ0v) is 22.9. The van der Waals surface area contributed by atoms with Gasteiger partial charge in [-0.15, -0.1) is 0 Å². The van der Waals surface area contributed by atoms with E-state index in [0.29, 0.717) is 12.1 Å². The van der Waals surface area contributed by atoms with Gasteiger partial charge < -0.3 is 10.2 Å². The maximum atomic E-state index is 13.0. The summed E-state index contributed by atoms with van der Waals surface area (Å²) in [5.74, 6) is -0.183. The summed E-state index contributed by atoms with van der Waals surface area (Å²) in [6.07, 6.45) is 5.14. The lowest BCUT2D eigenvalue weighted by atomic mass is 9.96. The van der Waals surface area contributed by atoms with Crippen molar-refractivity contribution in [3.05, 3.63) is 54.1 Å². The number of aromatic nitrogens is 1. The van der Waals surface area contributed by atoms with Crippen molar-refractivity contribution in [1.29, 1.82) is 0 Å². The molecule has 2 aromatic carbocycles. The molecule has 37 heavy (non-hydrogen) atoms. The predicted molar refractivity (Wildman–Crippen MR) is 149 cm³/mol. The van der Waals surface area contributed by atoms with Crippen LogP contribution in [0, 0.1) is 0 Å². The van der Waals surface area contributed by atoms with Crippen LogP contribution in [0.2, 0.25) is 0 Å². The molecule has 0 spiro atoms. The fourth-order valence-corrected chi connectivity index (χ4v) is 7.61. The molecule has 10 heteroatoms. The molecule has 2 fully saturated rings. The number of nitrogens with zero attached hydrogens (tertiary/aromatic N) is 4. The summed E-state index contributed by atoms with van der Waals surface area (Å²) in [4.78, 5) is 22.3. The summed E-state index contributed by atoms with van der Waals surface area (Å²) >= 11 is 1.73. The van der Waals surface area contributed by atoms with Gasteiger partial charge in [-0.2, -0.15) is 4.31 Å². The molecule has 1 saturated carbocycles. The molecule has 0 bridgehead atoms. The predicted octanol–water partition coefficient (Wildman–Crippen LogP) is 3.80. The number of amides is 1. The summed E-state index contributed by atoms with van der Waals surface area (Å²) in [6.45, 7) is 5.00. The quantitative estimate of drug-likeness (QED) is 0.467. The lowest BCUT2D eigenvalue weighted by molar-refractivity contribution is 0.0947. The van der Waals surface area contributed by atoms with Crippen LogP contribution in [0.3, 0.4) is 0 Å². The standard InChI is InChI=1S/C27H35N5O3S2/c1-30(22-7-3-2-4-8-22)37(34,35)23-13-11-21(12-14-23)26(33)28-15-16-31-17-19-32(20-18-31)27-29-24-9-5-6-10-25(24)36-27/h5-6,9-14,22H,2-4,7-8,15-20H2,1H3,(H,28,33). The molecule has 1 aliphatic carbocycles. The monoisotopic (exact) mass is 541 g/mol. The summed E-state index contributed by atoms with van der Waals surface area (Å²) in [7, 11) is -1.89. The molecular formula is C27H35N5O3S2. The number of benzene rings is 2. The first-order chi connectivity index (χ1) is 17.9. The molecule has 5 rings (SSSR count). The van der Waals surface area contributed by atoms with Crippen LogP contribution in [0.15, 0.2) is 53.4 Å². The Morgan fingerprint density at radius 3 is 2.43 bits per heavy atom. The molecule has 1 N–H and O–H groups in total. The molecule has 1 amide bonds. The van der Waals surface area contributed by atoms with Crippen molar-refractivity contribution < 1.29 is 13.2 Å². The van der Waals surface area contributed by atoms with Crippen molar-refractivity contribution in [3.63, 3.8) is 0 Å². The van der Waals surface area contributed by atoms with E-state index in [0.717, 1.165) is 69.1 Å². The number of carbonyl (C=O) groups excluding carboxylic acids is 1. The minimum absolute atomic E-state index is 0.0600. The first-order valence-electron chi connectivity index (χ1n) is 13.1. The first-order valence-corrected chi connectivity index (χ1v) is 15.4. The van der Waals surface area contributed by atoms with Crippen molar-refractivity contribution in [2.75, 3.05) is 51.2 Å². The van der Waals surface area contributed by atoms with Crippen LogP contribution in [-0.2, 0) is 10.0 Å². The maximum Gasteiger partial charge on any atom is 0.251 e. The summed E-state index contributed by atoms with van der Waals surface area (Å²) in [5, 5.41) is 4.05. The molecule has 8 nitrogen and oxygen atoms in total. The van der Waals surface area contributed by atoms with Crippen molar-refractivity contribution in [2.45, 2.75) is 43.0 Å². The van der Waals surface area contributed by atoms with Crippen LogP contribution in [0.5, 0.6) is 0 Å². The Morgan fingerprint density at radius 1 is 1.03 bits per heavy atom. The van der Waals surface area contributed by atoms with E-state index in [1.807, 2.05) is 12.1 Å². The number of sulfonamides is 1. The van der Waals surface area contributed by atoms with Gasteiger partial charge in [-0.3, -0.25) is 9.69 Å². The molecular weight excluding hydrogens is 506 g/mol. The van der Waals surface area contributed by atoms with Crippen LogP contribution < -0.4 is 10.2 Å². The summed E-state index contributed by atoms with van der Waals surface area (Å²) in [5.41, 5.74) is 1.52. The van der Waals surface area contributed by atoms with Gasteiger partial charge in [0.2, 0.25) is 10.0 Å². The second-order valence-corrected chi connectivity index (χ2v) is 12.9. The number of thiazole rings is 1. The highest BCUT2D eigenvalue weighted by Gasteiger charge is 2.29. The second-order valence-electron chi connectivity index (χ2n) is 9.89. The van der Waals surface area contributed by atoms with Gasteiger partial charge in [0, 0.05) is 57.9 Å². The van der Waals surface area contributed by atoms with Crippen LogP contribution in [0.1, 0.15) is 42.5 Å². The largest absolute Gasteiger partial charge is 0.351 e. The molecule has 198 valence electrons. The number of rotatable bonds is 8. The summed E-state index contributed by atoms with van der Waals surface area (Å²) < 4.78 is 28.8. The third kappa shape index (κ3) is 5.98. The highest BCUT2D eigenvalue weighted by molar-refractivity contribution is 7.89. The highest BCUT2D eigenvalue weighted by Crippen LogP contribution is 2.29. The number of piperazine rings is 1. The Labute approximate surface area is 223 Å². The molecule has 0 atom stereocenters. The number of fused-ring (bicyclic) bond motifs is 1. The lowest BCUT2D eigenvalue weighted by Gasteiger charge is -2.34. The Morgan fingerprint density at radius 2 is 1.73 bits per heavy atom. The highest BCUT2D eigenvalue weighted by atomic mass is 32.2. The van der Waals surface area contributed by atoms with Crippen molar-refractivity contribution >= 4 is 42.6 Å². The van der Waals surface area contributed by atoms with Gasteiger partial charge in [0.1, 0.15) is 0 Å². The lowest BCUT2D eigenvalue weighted by Crippen LogP contribution is -2.48. The van der Waals surface area contributed by atoms with E-state index in [2.05, 4.69) is 27.2 Å². The van der Waals surface area contributed by atoms with Gasteiger partial charge in [0.05, 0.1) is 15.1 Å². The number of anilines is 1.